The van der Waals surface area contributed by atoms with Gasteiger partial charge in [0, 0.05) is 12.7 Å². The number of rotatable bonds is 2. The second kappa shape index (κ2) is 4.17. The van der Waals surface area contributed by atoms with Gasteiger partial charge in [-0.05, 0) is 18.6 Å². The molecule has 14 heavy (non-hydrogen) atoms. The number of benzene rings is 1. The number of aryl methyl sites for hydroxylation is 1. The van der Waals surface area contributed by atoms with Gasteiger partial charge in [-0.15, -0.1) is 0 Å². The first kappa shape index (κ1) is 10.6. The summed E-state index contributed by atoms with van der Waals surface area (Å²) in [6.07, 6.45) is -2.96. The lowest BCUT2D eigenvalue weighted by molar-refractivity contribution is -0.128. The van der Waals surface area contributed by atoms with Crippen LogP contribution in [-0.2, 0) is 4.79 Å². The summed E-state index contributed by atoms with van der Waals surface area (Å²) in [5, 5.41) is 0. The van der Waals surface area contributed by atoms with Crippen LogP contribution in [0, 0.1) is 6.92 Å². The van der Waals surface area contributed by atoms with Gasteiger partial charge in [-0.25, -0.2) is 0 Å². The van der Waals surface area contributed by atoms with Crippen LogP contribution in [0.15, 0.2) is 24.3 Å². The molecule has 0 spiro atoms. The molecule has 0 saturated heterocycles. The van der Waals surface area contributed by atoms with Gasteiger partial charge in [0.1, 0.15) is 0 Å². The lowest BCUT2D eigenvalue weighted by Crippen LogP contribution is -2.32. The summed E-state index contributed by atoms with van der Waals surface area (Å²) in [6.45, 7) is 1.77. The van der Waals surface area contributed by atoms with E-state index in [4.69, 9.17) is 0 Å². The van der Waals surface area contributed by atoms with Crippen LogP contribution in [0.2, 0.25) is 0 Å². The highest BCUT2D eigenvalue weighted by Gasteiger charge is 2.21. The number of halogens is 2. The average molecular weight is 199 g/mol. The molecule has 1 aromatic rings. The minimum atomic E-state index is -2.96. The van der Waals surface area contributed by atoms with Crippen molar-refractivity contribution in [3.63, 3.8) is 0 Å². The van der Waals surface area contributed by atoms with Crippen molar-refractivity contribution in [2.75, 3.05) is 11.9 Å². The number of alkyl halides is 2. The van der Waals surface area contributed by atoms with Crippen LogP contribution in [-0.4, -0.2) is 19.4 Å². The summed E-state index contributed by atoms with van der Waals surface area (Å²) >= 11 is 0. The highest BCUT2D eigenvalue weighted by atomic mass is 19.3. The molecule has 2 nitrogen and oxygen atoms in total. The minimum absolute atomic E-state index is 0.512. The zero-order chi connectivity index (χ0) is 10.7. The Balaban J connectivity index is 2.95. The topological polar surface area (TPSA) is 20.3 Å². The van der Waals surface area contributed by atoms with Crippen molar-refractivity contribution in [3.8, 4) is 0 Å². The van der Waals surface area contributed by atoms with Gasteiger partial charge in [-0.2, -0.15) is 8.78 Å². The van der Waals surface area contributed by atoms with Gasteiger partial charge < -0.3 is 4.90 Å². The van der Waals surface area contributed by atoms with E-state index in [1.165, 1.54) is 7.05 Å². The van der Waals surface area contributed by atoms with E-state index in [0.29, 0.717) is 5.69 Å². The molecule has 0 saturated carbocycles. The zero-order valence-electron chi connectivity index (χ0n) is 8.00. The summed E-state index contributed by atoms with van der Waals surface area (Å²) in [6, 6.07) is 6.90. The van der Waals surface area contributed by atoms with Crippen molar-refractivity contribution in [1.82, 2.24) is 0 Å². The van der Waals surface area contributed by atoms with Crippen LogP contribution in [0.1, 0.15) is 5.56 Å². The molecule has 4 heteroatoms. The quantitative estimate of drug-likeness (QED) is 0.715. The Bertz CT molecular complexity index is 339. The van der Waals surface area contributed by atoms with Gasteiger partial charge >= 0.3 is 6.43 Å². The maximum Gasteiger partial charge on any atom is 0.316 e. The molecular formula is C10H11F2NO. The van der Waals surface area contributed by atoms with Gasteiger partial charge in [-0.3, -0.25) is 4.79 Å². The molecule has 1 rings (SSSR count). The van der Waals surface area contributed by atoms with E-state index < -0.39 is 12.3 Å². The Labute approximate surface area is 81.1 Å². The molecule has 0 unspecified atom stereocenters. The van der Waals surface area contributed by atoms with Gasteiger partial charge in [0.25, 0.3) is 5.91 Å². The number of para-hydroxylation sites is 1. The van der Waals surface area contributed by atoms with Crippen molar-refractivity contribution in [2.24, 2.45) is 0 Å². The van der Waals surface area contributed by atoms with Crippen molar-refractivity contribution in [2.45, 2.75) is 13.3 Å². The van der Waals surface area contributed by atoms with E-state index >= 15 is 0 Å². The van der Waals surface area contributed by atoms with Gasteiger partial charge in [0.15, 0.2) is 0 Å². The second-order valence-corrected chi connectivity index (χ2v) is 2.98. The van der Waals surface area contributed by atoms with E-state index in [1.54, 1.807) is 31.2 Å². The van der Waals surface area contributed by atoms with E-state index in [2.05, 4.69) is 0 Å². The largest absolute Gasteiger partial charge is 0.316 e. The molecule has 1 amide bonds. The third-order valence-corrected chi connectivity index (χ3v) is 1.99. The van der Waals surface area contributed by atoms with Crippen molar-refractivity contribution in [3.05, 3.63) is 29.8 Å². The summed E-state index contributed by atoms with van der Waals surface area (Å²) in [5.41, 5.74) is 1.31. The number of carbonyl (C=O) groups excluding carboxylic acids is 1. The monoisotopic (exact) mass is 199 g/mol. The fraction of sp³-hybridized carbons (Fsp3) is 0.300. The molecule has 0 aromatic heterocycles. The number of hydrogen-bond acceptors (Lipinski definition) is 1. The Morgan fingerprint density at radius 2 is 1.93 bits per heavy atom. The highest BCUT2D eigenvalue weighted by molar-refractivity contribution is 5.95. The van der Waals surface area contributed by atoms with Crippen LogP contribution in [0.25, 0.3) is 0 Å². The molecule has 0 aliphatic heterocycles. The standard InChI is InChI=1S/C10H11F2NO/c1-7-5-3-4-6-8(7)13(2)10(14)9(11)12/h3-6,9H,1-2H3. The maximum atomic E-state index is 12.1. The Morgan fingerprint density at radius 3 is 2.43 bits per heavy atom. The molecular weight excluding hydrogens is 188 g/mol. The normalized spacial score (nSPS) is 10.4. The van der Waals surface area contributed by atoms with Crippen LogP contribution >= 0.6 is 0 Å². The fourth-order valence-electron chi connectivity index (χ4n) is 1.20. The molecule has 1 aromatic carbocycles. The van der Waals surface area contributed by atoms with Crippen LogP contribution in [0.4, 0.5) is 14.5 Å². The molecule has 0 fully saturated rings. The van der Waals surface area contributed by atoms with Gasteiger partial charge in [0.2, 0.25) is 0 Å². The third kappa shape index (κ3) is 2.07. The highest BCUT2D eigenvalue weighted by Crippen LogP contribution is 2.19. The summed E-state index contributed by atoms with van der Waals surface area (Å²) in [7, 11) is 1.34. The van der Waals surface area contributed by atoms with E-state index in [0.717, 1.165) is 10.5 Å². The summed E-state index contributed by atoms with van der Waals surface area (Å²) < 4.78 is 24.2. The molecule has 76 valence electrons. The minimum Gasteiger partial charge on any atom is -0.310 e. The van der Waals surface area contributed by atoms with E-state index in [-0.39, 0.29) is 0 Å². The van der Waals surface area contributed by atoms with E-state index in [1.807, 2.05) is 0 Å². The molecule has 0 bridgehead atoms. The summed E-state index contributed by atoms with van der Waals surface area (Å²) in [5.74, 6) is -1.18. The first-order valence-electron chi connectivity index (χ1n) is 4.15. The van der Waals surface area contributed by atoms with Crippen LogP contribution in [0.5, 0.6) is 0 Å². The second-order valence-electron chi connectivity index (χ2n) is 2.98. The number of hydrogen-bond donors (Lipinski definition) is 0. The number of carbonyl (C=O) groups is 1. The Morgan fingerprint density at radius 1 is 1.36 bits per heavy atom. The third-order valence-electron chi connectivity index (χ3n) is 1.99. The number of nitrogens with zero attached hydrogens (tertiary/aromatic N) is 1. The lowest BCUT2D eigenvalue weighted by Gasteiger charge is -2.18. The maximum absolute atomic E-state index is 12.1. The number of anilines is 1. The van der Waals surface area contributed by atoms with Crippen molar-refractivity contribution in [1.29, 1.82) is 0 Å². The first-order chi connectivity index (χ1) is 6.54. The smallest absolute Gasteiger partial charge is 0.310 e. The van der Waals surface area contributed by atoms with Gasteiger partial charge in [-0.1, -0.05) is 18.2 Å². The predicted octanol–water partition coefficient (Wildman–Crippen LogP) is 2.22. The van der Waals surface area contributed by atoms with Crippen molar-refractivity contribution < 1.29 is 13.6 Å². The Hall–Kier alpha value is -1.45. The molecule has 0 atom stereocenters. The Kier molecular flexibility index (Phi) is 3.17. The van der Waals surface area contributed by atoms with Gasteiger partial charge in [0.05, 0.1) is 0 Å². The van der Waals surface area contributed by atoms with Crippen LogP contribution in [0.3, 0.4) is 0 Å². The van der Waals surface area contributed by atoms with Crippen molar-refractivity contribution >= 4 is 11.6 Å². The predicted molar refractivity (Wildman–Crippen MR) is 50.6 cm³/mol. The zero-order valence-corrected chi connectivity index (χ0v) is 8.00. The SMILES string of the molecule is Cc1ccccc1N(C)C(=O)C(F)F. The molecule has 0 heterocycles. The summed E-state index contributed by atoms with van der Waals surface area (Å²) in [4.78, 5) is 11.9. The lowest BCUT2D eigenvalue weighted by atomic mass is 10.2. The molecule has 0 aliphatic carbocycles. The van der Waals surface area contributed by atoms with Crippen LogP contribution < -0.4 is 4.90 Å². The fourth-order valence-corrected chi connectivity index (χ4v) is 1.20. The number of amides is 1. The molecule has 0 radical (unpaired) electrons. The average Bonchev–Trinajstić information content (AvgIpc) is 2.16. The molecule has 0 N–H and O–H groups in total. The molecule has 0 aliphatic rings. The first-order valence-corrected chi connectivity index (χ1v) is 4.15. The van der Waals surface area contributed by atoms with E-state index in [9.17, 15) is 13.6 Å².